The first kappa shape index (κ1) is 14.7. The van der Waals surface area contributed by atoms with Crippen molar-refractivity contribution in [2.45, 2.75) is 33.7 Å². The minimum absolute atomic E-state index is 0.634. The van der Waals surface area contributed by atoms with E-state index in [1.54, 1.807) is 0 Å². The van der Waals surface area contributed by atoms with Gasteiger partial charge in [0, 0.05) is 18.0 Å². The molecule has 3 heteroatoms. The fourth-order valence-corrected chi connectivity index (χ4v) is 2.95. The van der Waals surface area contributed by atoms with E-state index in [-0.39, 0.29) is 0 Å². The Bertz CT molecular complexity index is 282. The van der Waals surface area contributed by atoms with Crippen molar-refractivity contribution < 1.29 is 0 Å². The van der Waals surface area contributed by atoms with Crippen LogP contribution < -0.4 is 5.73 Å². The van der Waals surface area contributed by atoms with Crippen molar-refractivity contribution in [1.82, 2.24) is 4.90 Å². The van der Waals surface area contributed by atoms with Crippen LogP contribution in [0.4, 0.5) is 0 Å². The summed E-state index contributed by atoms with van der Waals surface area (Å²) >= 11 is 1.84. The van der Waals surface area contributed by atoms with Gasteiger partial charge in [-0.3, -0.25) is 4.90 Å². The highest BCUT2D eigenvalue weighted by atomic mass is 32.1. The lowest BCUT2D eigenvalue weighted by Gasteiger charge is -2.26. The van der Waals surface area contributed by atoms with E-state index in [1.807, 2.05) is 11.3 Å². The highest BCUT2D eigenvalue weighted by Crippen LogP contribution is 2.16. The molecule has 1 heterocycles. The molecule has 1 unspecified atom stereocenters. The fraction of sp³-hybridized carbons (Fsp3) is 0.714. The van der Waals surface area contributed by atoms with E-state index in [4.69, 9.17) is 5.73 Å². The summed E-state index contributed by atoms with van der Waals surface area (Å²) in [6.45, 7) is 10.9. The number of rotatable bonds is 8. The minimum Gasteiger partial charge on any atom is -0.330 e. The summed E-state index contributed by atoms with van der Waals surface area (Å²) in [5.74, 6) is 1.37. The highest BCUT2D eigenvalue weighted by molar-refractivity contribution is 7.09. The van der Waals surface area contributed by atoms with Crippen molar-refractivity contribution in [3.63, 3.8) is 0 Å². The average Bonchev–Trinajstić information content (AvgIpc) is 2.79. The van der Waals surface area contributed by atoms with Crippen molar-refractivity contribution in [3.8, 4) is 0 Å². The third-order valence-corrected chi connectivity index (χ3v) is 3.92. The SMILES string of the molecule is CCN(Cc1cccs1)CC(CN)CC(C)C. The standard InChI is InChI=1S/C14H26N2S/c1-4-16(11-14-6-5-7-17-14)10-13(9-15)8-12(2)3/h5-7,12-13H,4,8-11,15H2,1-3H3. The minimum atomic E-state index is 0.634. The van der Waals surface area contributed by atoms with Crippen LogP contribution in [-0.4, -0.2) is 24.5 Å². The molecule has 0 amide bonds. The second kappa shape index (κ2) is 7.85. The molecule has 1 aromatic heterocycles. The van der Waals surface area contributed by atoms with Crippen molar-refractivity contribution in [2.24, 2.45) is 17.6 Å². The molecule has 2 N–H and O–H groups in total. The summed E-state index contributed by atoms with van der Waals surface area (Å²) in [6.07, 6.45) is 1.23. The quantitative estimate of drug-likeness (QED) is 0.772. The van der Waals surface area contributed by atoms with Gasteiger partial charge in [-0.15, -0.1) is 11.3 Å². The molecule has 0 aliphatic rings. The van der Waals surface area contributed by atoms with E-state index in [0.717, 1.165) is 32.1 Å². The van der Waals surface area contributed by atoms with Crippen LogP contribution in [-0.2, 0) is 6.54 Å². The van der Waals surface area contributed by atoms with Crippen LogP contribution in [0.5, 0.6) is 0 Å². The van der Waals surface area contributed by atoms with Gasteiger partial charge in [0.15, 0.2) is 0 Å². The highest BCUT2D eigenvalue weighted by Gasteiger charge is 2.14. The van der Waals surface area contributed by atoms with Crippen molar-refractivity contribution in [3.05, 3.63) is 22.4 Å². The molecule has 0 saturated carbocycles. The van der Waals surface area contributed by atoms with E-state index in [9.17, 15) is 0 Å². The van der Waals surface area contributed by atoms with Crippen LogP contribution in [0.2, 0.25) is 0 Å². The Labute approximate surface area is 110 Å². The van der Waals surface area contributed by atoms with Crippen LogP contribution in [0.1, 0.15) is 32.1 Å². The molecule has 0 saturated heterocycles. The van der Waals surface area contributed by atoms with Crippen molar-refractivity contribution in [1.29, 1.82) is 0 Å². The third kappa shape index (κ3) is 5.66. The van der Waals surface area contributed by atoms with Crippen LogP contribution in [0.3, 0.4) is 0 Å². The largest absolute Gasteiger partial charge is 0.330 e. The van der Waals surface area contributed by atoms with Gasteiger partial charge < -0.3 is 5.73 Å². The number of nitrogens with two attached hydrogens (primary N) is 1. The zero-order valence-electron chi connectivity index (χ0n) is 11.4. The number of thiophene rings is 1. The van der Waals surface area contributed by atoms with E-state index < -0.39 is 0 Å². The molecule has 0 bridgehead atoms. The molecule has 2 nitrogen and oxygen atoms in total. The predicted molar refractivity (Wildman–Crippen MR) is 77.3 cm³/mol. The van der Waals surface area contributed by atoms with Crippen molar-refractivity contribution >= 4 is 11.3 Å². The monoisotopic (exact) mass is 254 g/mol. The van der Waals surface area contributed by atoms with Gasteiger partial charge in [-0.1, -0.05) is 26.8 Å². The van der Waals surface area contributed by atoms with Crippen LogP contribution >= 0.6 is 11.3 Å². The average molecular weight is 254 g/mol. The molecule has 1 atom stereocenters. The Morgan fingerprint density at radius 2 is 2.18 bits per heavy atom. The molecule has 1 rings (SSSR count). The second-order valence-electron chi connectivity index (χ2n) is 5.14. The molecule has 98 valence electrons. The Hall–Kier alpha value is -0.380. The molecule has 0 spiro atoms. The summed E-state index contributed by atoms with van der Waals surface area (Å²) in [4.78, 5) is 3.96. The second-order valence-corrected chi connectivity index (χ2v) is 6.17. The molecule has 0 aromatic carbocycles. The van der Waals surface area contributed by atoms with Gasteiger partial charge >= 0.3 is 0 Å². The van der Waals surface area contributed by atoms with Gasteiger partial charge in [-0.2, -0.15) is 0 Å². The zero-order chi connectivity index (χ0) is 12.7. The van der Waals surface area contributed by atoms with E-state index in [0.29, 0.717) is 5.92 Å². The molecule has 0 radical (unpaired) electrons. The molecule has 17 heavy (non-hydrogen) atoms. The summed E-state index contributed by atoms with van der Waals surface area (Å²) in [7, 11) is 0. The van der Waals surface area contributed by atoms with Crippen LogP contribution in [0.25, 0.3) is 0 Å². The van der Waals surface area contributed by atoms with E-state index in [2.05, 4.69) is 43.2 Å². The Kier molecular flexibility index (Phi) is 6.78. The first-order chi connectivity index (χ1) is 8.15. The predicted octanol–water partition coefficient (Wildman–Crippen LogP) is 3.19. The third-order valence-electron chi connectivity index (χ3n) is 3.06. The summed E-state index contributed by atoms with van der Waals surface area (Å²) in [6, 6.07) is 4.34. The number of hydrogen-bond acceptors (Lipinski definition) is 3. The maximum absolute atomic E-state index is 5.87. The Balaban J connectivity index is 2.44. The first-order valence-electron chi connectivity index (χ1n) is 6.60. The lowest BCUT2D eigenvalue weighted by Crippen LogP contribution is -2.33. The Morgan fingerprint density at radius 3 is 2.65 bits per heavy atom. The summed E-state index contributed by atoms with van der Waals surface area (Å²) < 4.78 is 0. The molecular weight excluding hydrogens is 228 g/mol. The maximum Gasteiger partial charge on any atom is 0.0327 e. The summed E-state index contributed by atoms with van der Waals surface area (Å²) in [5.41, 5.74) is 5.87. The molecule has 0 fully saturated rings. The molecule has 0 aliphatic carbocycles. The Morgan fingerprint density at radius 1 is 1.41 bits per heavy atom. The zero-order valence-corrected chi connectivity index (χ0v) is 12.2. The first-order valence-corrected chi connectivity index (χ1v) is 7.48. The van der Waals surface area contributed by atoms with Crippen molar-refractivity contribution in [2.75, 3.05) is 19.6 Å². The fourth-order valence-electron chi connectivity index (χ4n) is 2.21. The normalized spacial score (nSPS) is 13.5. The molecule has 0 aliphatic heterocycles. The van der Waals surface area contributed by atoms with Gasteiger partial charge in [0.2, 0.25) is 0 Å². The smallest absolute Gasteiger partial charge is 0.0327 e. The van der Waals surface area contributed by atoms with Gasteiger partial charge in [0.1, 0.15) is 0 Å². The van der Waals surface area contributed by atoms with Gasteiger partial charge in [0.25, 0.3) is 0 Å². The lowest BCUT2D eigenvalue weighted by molar-refractivity contribution is 0.221. The molecular formula is C14H26N2S. The lowest BCUT2D eigenvalue weighted by atomic mass is 9.96. The van der Waals surface area contributed by atoms with Gasteiger partial charge in [-0.05, 0) is 42.8 Å². The maximum atomic E-state index is 5.87. The van der Waals surface area contributed by atoms with E-state index >= 15 is 0 Å². The number of hydrogen-bond donors (Lipinski definition) is 1. The van der Waals surface area contributed by atoms with Crippen LogP contribution in [0, 0.1) is 11.8 Å². The van der Waals surface area contributed by atoms with Crippen LogP contribution in [0.15, 0.2) is 17.5 Å². The van der Waals surface area contributed by atoms with Gasteiger partial charge in [0.05, 0.1) is 0 Å². The van der Waals surface area contributed by atoms with E-state index in [1.165, 1.54) is 11.3 Å². The topological polar surface area (TPSA) is 29.3 Å². The summed E-state index contributed by atoms with van der Waals surface area (Å²) in [5, 5.41) is 2.15. The van der Waals surface area contributed by atoms with Gasteiger partial charge in [-0.25, -0.2) is 0 Å². The number of nitrogens with zero attached hydrogens (tertiary/aromatic N) is 1. The molecule has 1 aromatic rings.